The summed E-state index contributed by atoms with van der Waals surface area (Å²) in [5.74, 6) is 0. The minimum Gasteiger partial charge on any atom is -0.390 e. The number of hydrogen-bond donors (Lipinski definition) is 1. The van der Waals surface area contributed by atoms with E-state index < -0.39 is 5.60 Å². The first-order valence-electron chi connectivity index (χ1n) is 5.66. The van der Waals surface area contributed by atoms with Gasteiger partial charge in [-0.15, -0.1) is 0 Å². The van der Waals surface area contributed by atoms with Gasteiger partial charge in [0.05, 0.1) is 12.2 Å². The molecule has 1 saturated heterocycles. The van der Waals surface area contributed by atoms with E-state index in [1.165, 1.54) is 0 Å². The van der Waals surface area contributed by atoms with Crippen LogP contribution in [0.5, 0.6) is 0 Å². The van der Waals surface area contributed by atoms with Crippen molar-refractivity contribution in [3.63, 3.8) is 0 Å². The number of likely N-dealkylation sites (tertiary alicyclic amines) is 1. The van der Waals surface area contributed by atoms with E-state index in [0.29, 0.717) is 0 Å². The molecule has 0 radical (unpaired) electrons. The van der Waals surface area contributed by atoms with Gasteiger partial charge in [-0.2, -0.15) is 0 Å². The van der Waals surface area contributed by atoms with E-state index in [1.54, 1.807) is 0 Å². The second-order valence-corrected chi connectivity index (χ2v) is 4.39. The van der Waals surface area contributed by atoms with Gasteiger partial charge < -0.3 is 14.7 Å². The minimum atomic E-state index is -0.444. The van der Waals surface area contributed by atoms with Crippen LogP contribution >= 0.6 is 0 Å². The minimum absolute atomic E-state index is 0.444. The van der Waals surface area contributed by atoms with Gasteiger partial charge >= 0.3 is 0 Å². The van der Waals surface area contributed by atoms with E-state index in [4.69, 9.17) is 4.74 Å². The Bertz CT molecular complexity index is 159. The fourth-order valence-corrected chi connectivity index (χ4v) is 1.88. The van der Waals surface area contributed by atoms with Crippen LogP contribution in [0.3, 0.4) is 0 Å². The summed E-state index contributed by atoms with van der Waals surface area (Å²) in [4.78, 5) is 2.39. The van der Waals surface area contributed by atoms with Gasteiger partial charge in [-0.05, 0) is 39.7 Å². The molecule has 1 atom stereocenters. The molecule has 0 spiro atoms. The lowest BCUT2D eigenvalue weighted by Crippen LogP contribution is -2.30. The van der Waals surface area contributed by atoms with E-state index in [9.17, 15) is 5.11 Å². The monoisotopic (exact) mass is 201 g/mol. The first-order valence-corrected chi connectivity index (χ1v) is 5.66. The molecule has 1 aliphatic rings. The van der Waals surface area contributed by atoms with Gasteiger partial charge in [0, 0.05) is 19.7 Å². The van der Waals surface area contributed by atoms with Crippen molar-refractivity contribution in [1.82, 2.24) is 4.90 Å². The highest BCUT2D eigenvalue weighted by Gasteiger charge is 2.24. The van der Waals surface area contributed by atoms with E-state index in [2.05, 4.69) is 4.90 Å². The molecule has 0 saturated carbocycles. The molecule has 1 rings (SSSR count). The van der Waals surface area contributed by atoms with Gasteiger partial charge in [0.1, 0.15) is 0 Å². The van der Waals surface area contributed by atoms with E-state index >= 15 is 0 Å². The van der Waals surface area contributed by atoms with E-state index in [1.807, 2.05) is 13.8 Å². The highest BCUT2D eigenvalue weighted by atomic mass is 16.5. The molecule has 1 fully saturated rings. The zero-order chi connectivity index (χ0) is 10.4. The third-order valence-corrected chi connectivity index (χ3v) is 2.91. The van der Waals surface area contributed by atoms with E-state index in [-0.39, 0.29) is 0 Å². The standard InChI is InChI=1S/C11H23NO2/c1-3-14-10-9-12-7-4-5-11(2,13)6-8-12/h13H,3-10H2,1-2H3. The maximum absolute atomic E-state index is 9.89. The summed E-state index contributed by atoms with van der Waals surface area (Å²) in [5, 5.41) is 9.89. The lowest BCUT2D eigenvalue weighted by molar-refractivity contribution is 0.0430. The summed E-state index contributed by atoms with van der Waals surface area (Å²) in [6, 6.07) is 0. The molecule has 0 amide bonds. The summed E-state index contributed by atoms with van der Waals surface area (Å²) in [6.07, 6.45) is 2.91. The van der Waals surface area contributed by atoms with Crippen molar-refractivity contribution in [2.75, 3.05) is 32.8 Å². The van der Waals surface area contributed by atoms with Gasteiger partial charge in [-0.3, -0.25) is 0 Å². The molecule has 1 N–H and O–H groups in total. The van der Waals surface area contributed by atoms with Crippen molar-refractivity contribution in [2.45, 2.75) is 38.7 Å². The van der Waals surface area contributed by atoms with Gasteiger partial charge in [-0.25, -0.2) is 0 Å². The summed E-state index contributed by atoms with van der Waals surface area (Å²) >= 11 is 0. The fraction of sp³-hybridized carbons (Fsp3) is 1.00. The van der Waals surface area contributed by atoms with E-state index in [0.717, 1.165) is 52.1 Å². The molecule has 14 heavy (non-hydrogen) atoms. The normalized spacial score (nSPS) is 30.2. The Kier molecular flexibility index (Phi) is 4.85. The summed E-state index contributed by atoms with van der Waals surface area (Å²) < 4.78 is 5.32. The molecule has 0 aromatic rings. The van der Waals surface area contributed by atoms with Crippen LogP contribution in [0, 0.1) is 0 Å². The van der Waals surface area contributed by atoms with Gasteiger partial charge in [-0.1, -0.05) is 0 Å². The van der Waals surface area contributed by atoms with Crippen LogP contribution in [0.2, 0.25) is 0 Å². The van der Waals surface area contributed by atoms with Crippen LogP contribution in [0.1, 0.15) is 33.1 Å². The average Bonchev–Trinajstić information content (AvgIpc) is 2.28. The fourth-order valence-electron chi connectivity index (χ4n) is 1.88. The molecular formula is C11H23NO2. The van der Waals surface area contributed by atoms with Crippen molar-refractivity contribution in [2.24, 2.45) is 0 Å². The molecule has 3 heteroatoms. The maximum Gasteiger partial charge on any atom is 0.0632 e. The van der Waals surface area contributed by atoms with Crippen LogP contribution in [0.15, 0.2) is 0 Å². The first-order chi connectivity index (χ1) is 6.64. The number of nitrogens with zero attached hydrogens (tertiary/aromatic N) is 1. The van der Waals surface area contributed by atoms with Crippen LogP contribution in [-0.4, -0.2) is 48.5 Å². The lowest BCUT2D eigenvalue weighted by atomic mass is 9.98. The molecule has 3 nitrogen and oxygen atoms in total. The predicted molar refractivity (Wildman–Crippen MR) is 57.4 cm³/mol. The van der Waals surface area contributed by atoms with Crippen LogP contribution in [0.25, 0.3) is 0 Å². The highest BCUT2D eigenvalue weighted by Crippen LogP contribution is 2.20. The Labute approximate surface area is 87.1 Å². The molecule has 1 unspecified atom stereocenters. The van der Waals surface area contributed by atoms with Crippen molar-refractivity contribution in [1.29, 1.82) is 0 Å². The van der Waals surface area contributed by atoms with Crippen molar-refractivity contribution in [3.05, 3.63) is 0 Å². The Hall–Kier alpha value is -0.120. The van der Waals surface area contributed by atoms with Gasteiger partial charge in [0.25, 0.3) is 0 Å². The lowest BCUT2D eigenvalue weighted by Gasteiger charge is -2.22. The molecule has 0 aliphatic carbocycles. The largest absolute Gasteiger partial charge is 0.390 e. The second kappa shape index (κ2) is 5.69. The summed E-state index contributed by atoms with van der Waals surface area (Å²) in [5.41, 5.74) is -0.444. The third kappa shape index (κ3) is 4.40. The SMILES string of the molecule is CCOCCN1CCCC(C)(O)CC1. The molecule has 1 aliphatic heterocycles. The number of ether oxygens (including phenoxy) is 1. The summed E-state index contributed by atoms with van der Waals surface area (Å²) in [7, 11) is 0. The first kappa shape index (κ1) is 12.0. The van der Waals surface area contributed by atoms with Crippen molar-refractivity contribution in [3.8, 4) is 0 Å². The van der Waals surface area contributed by atoms with Crippen molar-refractivity contribution < 1.29 is 9.84 Å². The topological polar surface area (TPSA) is 32.7 Å². The molecule has 84 valence electrons. The molecule has 0 aromatic heterocycles. The van der Waals surface area contributed by atoms with Crippen LogP contribution < -0.4 is 0 Å². The quantitative estimate of drug-likeness (QED) is 0.695. The number of rotatable bonds is 4. The number of aliphatic hydroxyl groups is 1. The van der Waals surface area contributed by atoms with Crippen LogP contribution in [0.4, 0.5) is 0 Å². The smallest absolute Gasteiger partial charge is 0.0632 e. The Morgan fingerprint density at radius 3 is 2.86 bits per heavy atom. The van der Waals surface area contributed by atoms with Crippen molar-refractivity contribution >= 4 is 0 Å². The highest BCUT2D eigenvalue weighted by molar-refractivity contribution is 4.78. The van der Waals surface area contributed by atoms with Gasteiger partial charge in [0.2, 0.25) is 0 Å². The molecule has 0 bridgehead atoms. The predicted octanol–water partition coefficient (Wildman–Crippen LogP) is 1.26. The number of hydrogen-bond acceptors (Lipinski definition) is 3. The second-order valence-electron chi connectivity index (χ2n) is 4.39. The maximum atomic E-state index is 9.89. The molecule has 1 heterocycles. The Morgan fingerprint density at radius 1 is 1.36 bits per heavy atom. The molecule has 0 aromatic carbocycles. The Morgan fingerprint density at radius 2 is 2.14 bits per heavy atom. The Balaban J connectivity index is 2.21. The van der Waals surface area contributed by atoms with Gasteiger partial charge in [0.15, 0.2) is 0 Å². The molecular weight excluding hydrogens is 178 g/mol. The zero-order valence-electron chi connectivity index (χ0n) is 9.46. The van der Waals surface area contributed by atoms with Crippen LogP contribution in [-0.2, 0) is 4.74 Å². The average molecular weight is 201 g/mol. The zero-order valence-corrected chi connectivity index (χ0v) is 9.46. The summed E-state index contributed by atoms with van der Waals surface area (Å²) in [6.45, 7) is 8.68. The third-order valence-electron chi connectivity index (χ3n) is 2.91.